The number of aryl methyl sites for hydroxylation is 1. The summed E-state index contributed by atoms with van der Waals surface area (Å²) < 4.78 is 10.9. The number of hydrogen-bond acceptors (Lipinski definition) is 3. The van der Waals surface area contributed by atoms with Crippen molar-refractivity contribution in [2.75, 3.05) is 26.3 Å². The molecule has 0 amide bonds. The summed E-state index contributed by atoms with van der Waals surface area (Å²) in [6.45, 7) is 11.5. The Morgan fingerprint density at radius 2 is 2.20 bits per heavy atom. The molecule has 0 aliphatic carbocycles. The van der Waals surface area contributed by atoms with Gasteiger partial charge in [0.25, 0.3) is 0 Å². The average Bonchev–Trinajstić information content (AvgIpc) is 2.81. The fourth-order valence-electron chi connectivity index (χ4n) is 2.09. The Bertz CT molecular complexity index is 463. The highest BCUT2D eigenvalue weighted by Gasteiger charge is 2.33. The second-order valence-electron chi connectivity index (χ2n) is 5.81. The first-order chi connectivity index (χ1) is 9.52. The van der Waals surface area contributed by atoms with Gasteiger partial charge in [-0.15, -0.1) is 0 Å². The molecule has 2 rings (SSSR count). The molecule has 0 spiro atoms. The second kappa shape index (κ2) is 6.31. The van der Waals surface area contributed by atoms with Crippen LogP contribution in [0.1, 0.15) is 38.3 Å². The predicted octanol–water partition coefficient (Wildman–Crippen LogP) is 2.24. The summed E-state index contributed by atoms with van der Waals surface area (Å²) in [5.41, 5.74) is 0.187. The SMILES string of the molecule is CCNC(=NCC1(C)COC1)NC(C)c1ccc(C)o1. The Hall–Kier alpha value is -1.49. The molecule has 5 nitrogen and oxygen atoms in total. The van der Waals surface area contributed by atoms with Gasteiger partial charge in [0, 0.05) is 12.0 Å². The number of nitrogens with one attached hydrogen (secondary N) is 2. The van der Waals surface area contributed by atoms with E-state index in [-0.39, 0.29) is 11.5 Å². The average molecular weight is 279 g/mol. The van der Waals surface area contributed by atoms with E-state index in [0.717, 1.165) is 43.8 Å². The van der Waals surface area contributed by atoms with Crippen molar-refractivity contribution in [3.05, 3.63) is 23.7 Å². The smallest absolute Gasteiger partial charge is 0.191 e. The lowest BCUT2D eigenvalue weighted by Gasteiger charge is -2.36. The van der Waals surface area contributed by atoms with Crippen molar-refractivity contribution in [2.45, 2.75) is 33.7 Å². The first-order valence-electron chi connectivity index (χ1n) is 7.21. The van der Waals surface area contributed by atoms with E-state index in [1.807, 2.05) is 19.1 Å². The van der Waals surface area contributed by atoms with Gasteiger partial charge < -0.3 is 19.8 Å². The Morgan fingerprint density at radius 1 is 1.45 bits per heavy atom. The number of hydrogen-bond donors (Lipinski definition) is 2. The van der Waals surface area contributed by atoms with Crippen LogP contribution in [0.15, 0.2) is 21.5 Å². The Morgan fingerprint density at radius 3 is 2.70 bits per heavy atom. The van der Waals surface area contributed by atoms with Crippen LogP contribution in [0.3, 0.4) is 0 Å². The summed E-state index contributed by atoms with van der Waals surface area (Å²) in [5.74, 6) is 2.67. The van der Waals surface area contributed by atoms with Gasteiger partial charge in [-0.05, 0) is 32.9 Å². The van der Waals surface area contributed by atoms with Gasteiger partial charge in [-0.3, -0.25) is 4.99 Å². The lowest BCUT2D eigenvalue weighted by Crippen LogP contribution is -2.44. The van der Waals surface area contributed by atoms with Crippen molar-refractivity contribution in [1.29, 1.82) is 0 Å². The number of rotatable bonds is 5. The van der Waals surface area contributed by atoms with E-state index in [1.165, 1.54) is 0 Å². The molecule has 0 bridgehead atoms. The van der Waals surface area contributed by atoms with E-state index < -0.39 is 0 Å². The summed E-state index contributed by atoms with van der Waals surface area (Å²) in [5, 5.41) is 6.64. The molecule has 5 heteroatoms. The van der Waals surface area contributed by atoms with Crippen molar-refractivity contribution in [2.24, 2.45) is 10.4 Å². The molecule has 1 unspecified atom stereocenters. The Balaban J connectivity index is 1.95. The van der Waals surface area contributed by atoms with Crippen molar-refractivity contribution in [3.63, 3.8) is 0 Å². The quantitative estimate of drug-likeness (QED) is 0.641. The number of guanidine groups is 1. The van der Waals surface area contributed by atoms with Crippen LogP contribution in [0.4, 0.5) is 0 Å². The van der Waals surface area contributed by atoms with E-state index in [9.17, 15) is 0 Å². The molecule has 2 N–H and O–H groups in total. The highest BCUT2D eigenvalue weighted by Crippen LogP contribution is 2.26. The number of aliphatic imine (C=N–C) groups is 1. The van der Waals surface area contributed by atoms with Gasteiger partial charge in [0.15, 0.2) is 5.96 Å². The Labute approximate surface area is 120 Å². The largest absolute Gasteiger partial charge is 0.464 e. The van der Waals surface area contributed by atoms with Gasteiger partial charge in [-0.25, -0.2) is 0 Å². The van der Waals surface area contributed by atoms with Crippen LogP contribution < -0.4 is 10.6 Å². The molecule has 20 heavy (non-hydrogen) atoms. The van der Waals surface area contributed by atoms with E-state index in [1.54, 1.807) is 0 Å². The predicted molar refractivity (Wildman–Crippen MR) is 79.9 cm³/mol. The number of nitrogens with zero attached hydrogens (tertiary/aromatic N) is 1. The maximum Gasteiger partial charge on any atom is 0.191 e. The van der Waals surface area contributed by atoms with Crippen LogP contribution in [0.5, 0.6) is 0 Å². The van der Waals surface area contributed by atoms with Gasteiger partial charge in [0.05, 0.1) is 25.8 Å². The van der Waals surface area contributed by atoms with E-state index in [4.69, 9.17) is 9.15 Å². The van der Waals surface area contributed by atoms with Gasteiger partial charge in [0.1, 0.15) is 11.5 Å². The van der Waals surface area contributed by atoms with Crippen LogP contribution >= 0.6 is 0 Å². The van der Waals surface area contributed by atoms with Crippen molar-refractivity contribution >= 4 is 5.96 Å². The van der Waals surface area contributed by atoms with E-state index >= 15 is 0 Å². The van der Waals surface area contributed by atoms with E-state index in [0.29, 0.717) is 0 Å². The fourth-order valence-corrected chi connectivity index (χ4v) is 2.09. The molecule has 1 aromatic heterocycles. The van der Waals surface area contributed by atoms with Crippen LogP contribution in [0.25, 0.3) is 0 Å². The summed E-state index contributed by atoms with van der Waals surface area (Å²) in [4.78, 5) is 4.65. The monoisotopic (exact) mass is 279 g/mol. The highest BCUT2D eigenvalue weighted by atomic mass is 16.5. The summed E-state index contributed by atoms with van der Waals surface area (Å²) in [6, 6.07) is 4.06. The summed E-state index contributed by atoms with van der Waals surface area (Å²) in [6.07, 6.45) is 0. The van der Waals surface area contributed by atoms with Crippen molar-refractivity contribution in [1.82, 2.24) is 10.6 Å². The minimum atomic E-state index is 0.0898. The lowest BCUT2D eigenvalue weighted by molar-refractivity contribution is -0.0945. The van der Waals surface area contributed by atoms with Crippen molar-refractivity contribution in [3.8, 4) is 0 Å². The normalized spacial score (nSPS) is 19.3. The molecule has 112 valence electrons. The van der Waals surface area contributed by atoms with Gasteiger partial charge >= 0.3 is 0 Å². The third kappa shape index (κ3) is 3.76. The first kappa shape index (κ1) is 14.9. The molecule has 1 saturated heterocycles. The third-order valence-electron chi connectivity index (χ3n) is 3.41. The molecule has 0 saturated carbocycles. The van der Waals surface area contributed by atoms with Gasteiger partial charge in [-0.2, -0.15) is 0 Å². The molecule has 1 fully saturated rings. The number of ether oxygens (including phenoxy) is 1. The summed E-state index contributed by atoms with van der Waals surface area (Å²) in [7, 11) is 0. The molecule has 1 atom stereocenters. The minimum Gasteiger partial charge on any atom is -0.464 e. The topological polar surface area (TPSA) is 58.8 Å². The molecule has 2 heterocycles. The molecule has 0 aromatic carbocycles. The minimum absolute atomic E-state index is 0.0898. The van der Waals surface area contributed by atoms with Crippen LogP contribution in [-0.2, 0) is 4.74 Å². The van der Waals surface area contributed by atoms with E-state index in [2.05, 4.69) is 36.4 Å². The molecule has 0 radical (unpaired) electrons. The van der Waals surface area contributed by atoms with Gasteiger partial charge in [0.2, 0.25) is 0 Å². The molecule has 1 aromatic rings. The van der Waals surface area contributed by atoms with Crippen molar-refractivity contribution < 1.29 is 9.15 Å². The number of furan rings is 1. The zero-order chi connectivity index (χ0) is 14.6. The third-order valence-corrected chi connectivity index (χ3v) is 3.41. The maximum atomic E-state index is 5.64. The molecular formula is C15H25N3O2. The standard InChI is InChI=1S/C15H25N3O2/c1-5-16-14(17-8-15(4)9-19-10-15)18-12(3)13-7-6-11(2)20-13/h6-7,12H,5,8-10H2,1-4H3,(H2,16,17,18). The molecular weight excluding hydrogens is 254 g/mol. The second-order valence-corrected chi connectivity index (χ2v) is 5.81. The highest BCUT2D eigenvalue weighted by molar-refractivity contribution is 5.80. The zero-order valence-electron chi connectivity index (χ0n) is 12.8. The van der Waals surface area contributed by atoms with Gasteiger partial charge in [-0.1, -0.05) is 6.92 Å². The maximum absolute atomic E-state index is 5.64. The first-order valence-corrected chi connectivity index (χ1v) is 7.21. The Kier molecular flexibility index (Phi) is 4.70. The summed E-state index contributed by atoms with van der Waals surface area (Å²) >= 11 is 0. The van der Waals surface area contributed by atoms with Crippen LogP contribution in [-0.4, -0.2) is 32.3 Å². The lowest BCUT2D eigenvalue weighted by atomic mass is 9.89. The molecule has 1 aliphatic heterocycles. The molecule has 1 aliphatic rings. The fraction of sp³-hybridized carbons (Fsp3) is 0.667. The van der Waals surface area contributed by atoms with Crippen LogP contribution in [0.2, 0.25) is 0 Å². The van der Waals surface area contributed by atoms with Crippen LogP contribution in [0, 0.1) is 12.3 Å². The zero-order valence-corrected chi connectivity index (χ0v) is 12.8.